The molecule has 1 saturated heterocycles. The lowest BCUT2D eigenvalue weighted by Crippen LogP contribution is -2.56. The number of aliphatic hydroxyl groups is 1. The van der Waals surface area contributed by atoms with Gasteiger partial charge in [-0.2, -0.15) is 0 Å². The number of primary amides is 1. The number of likely N-dealkylation sites (tertiary alicyclic amines) is 1. The van der Waals surface area contributed by atoms with E-state index in [0.29, 0.717) is 31.5 Å². The molecule has 0 radical (unpaired) electrons. The Morgan fingerprint density at radius 1 is 1.09 bits per heavy atom. The largest absolute Gasteiger partial charge is 0.444 e. The Balaban J connectivity index is 1.90. The third-order valence-corrected chi connectivity index (χ3v) is 8.59. The van der Waals surface area contributed by atoms with Crippen molar-refractivity contribution in [2.75, 3.05) is 13.1 Å². The molecule has 3 aliphatic rings. The Morgan fingerprint density at radius 2 is 1.78 bits per heavy atom. The zero-order chi connectivity index (χ0) is 33.4. The predicted molar refractivity (Wildman–Crippen MR) is 169 cm³/mol. The summed E-state index contributed by atoms with van der Waals surface area (Å²) in [6.07, 6.45) is 8.79. The minimum atomic E-state index is -1.21. The summed E-state index contributed by atoms with van der Waals surface area (Å²) in [5.74, 6) is -1.05. The molecule has 256 valence electrons. The molecule has 1 saturated carbocycles. The Labute approximate surface area is 267 Å². The van der Waals surface area contributed by atoms with Gasteiger partial charge in [0.05, 0.1) is 11.7 Å². The molecular formula is C31H56N8O6. The standard InChI is InChI=1S/C31H56N8O6/c1-30(2,3)45-29(43)36-23(15-20-11-7-6-8-12-20)28(42)38-19-22(39-25(18-34-37-39)31(4,5)44)17-24(38)27(41)35-21(16-26(33)40)13-9-10-14-32/h18,20-24,34,37,44H,6-17,19,32H2,1-5H3,(H2,33,40)(H,35,41)(H,36,43)/t21?,22-,23+,24-/m0/s1. The fraction of sp³-hybridized carbons (Fsp3) is 0.806. The Kier molecular flexibility index (Phi) is 12.9. The van der Waals surface area contributed by atoms with Crippen LogP contribution in [0.1, 0.15) is 105 Å². The first-order valence-corrected chi connectivity index (χ1v) is 16.4. The maximum absolute atomic E-state index is 14.4. The molecule has 9 N–H and O–H groups in total. The van der Waals surface area contributed by atoms with E-state index in [1.165, 1.54) is 4.90 Å². The quantitative estimate of drug-likeness (QED) is 0.136. The number of alkyl carbamates (subject to hydrolysis) is 1. The van der Waals surface area contributed by atoms with Crippen LogP contribution in [0.25, 0.3) is 0 Å². The number of hydrogen-bond donors (Lipinski definition) is 7. The zero-order valence-electron chi connectivity index (χ0n) is 27.7. The molecule has 1 unspecified atom stereocenters. The number of rotatable bonds is 14. The van der Waals surface area contributed by atoms with E-state index < -0.39 is 47.2 Å². The molecule has 4 atom stereocenters. The van der Waals surface area contributed by atoms with Gasteiger partial charge in [-0.25, -0.2) is 4.79 Å². The summed E-state index contributed by atoms with van der Waals surface area (Å²) in [7, 11) is 0. The van der Waals surface area contributed by atoms with Crippen LogP contribution in [0.2, 0.25) is 0 Å². The van der Waals surface area contributed by atoms with Crippen LogP contribution in [0.5, 0.6) is 0 Å². The number of hydrogen-bond acceptors (Lipinski definition) is 10. The van der Waals surface area contributed by atoms with Crippen molar-refractivity contribution < 1.29 is 29.0 Å². The highest BCUT2D eigenvalue weighted by molar-refractivity contribution is 5.92. The highest BCUT2D eigenvalue weighted by Crippen LogP contribution is 2.32. The fourth-order valence-electron chi connectivity index (χ4n) is 6.48. The van der Waals surface area contributed by atoms with E-state index in [0.717, 1.165) is 38.5 Å². The molecule has 0 aromatic rings. The van der Waals surface area contributed by atoms with Crippen molar-refractivity contribution in [3.05, 3.63) is 11.9 Å². The van der Waals surface area contributed by atoms with Crippen molar-refractivity contribution in [3.8, 4) is 0 Å². The molecule has 2 fully saturated rings. The van der Waals surface area contributed by atoms with E-state index in [1.54, 1.807) is 45.8 Å². The van der Waals surface area contributed by atoms with Crippen LogP contribution in [-0.2, 0) is 19.1 Å². The van der Waals surface area contributed by atoms with Gasteiger partial charge >= 0.3 is 6.09 Å². The van der Waals surface area contributed by atoms with Gasteiger partial charge in [0.15, 0.2) is 0 Å². The predicted octanol–water partition coefficient (Wildman–Crippen LogP) is 1.25. The number of amides is 4. The lowest BCUT2D eigenvalue weighted by molar-refractivity contribution is -0.140. The van der Waals surface area contributed by atoms with Gasteiger partial charge in [-0.15, -0.1) is 5.53 Å². The van der Waals surface area contributed by atoms with Gasteiger partial charge in [0, 0.05) is 31.6 Å². The number of unbranched alkanes of at least 4 members (excludes halogenated alkanes) is 1. The topological polar surface area (TPSA) is 204 Å². The maximum Gasteiger partial charge on any atom is 0.408 e. The summed E-state index contributed by atoms with van der Waals surface area (Å²) in [4.78, 5) is 54.7. The average molecular weight is 637 g/mol. The van der Waals surface area contributed by atoms with Crippen molar-refractivity contribution >= 4 is 23.8 Å². The molecule has 0 bridgehead atoms. The molecule has 14 heteroatoms. The van der Waals surface area contributed by atoms with Crippen molar-refractivity contribution in [2.24, 2.45) is 17.4 Å². The van der Waals surface area contributed by atoms with E-state index in [9.17, 15) is 24.3 Å². The summed E-state index contributed by atoms with van der Waals surface area (Å²) in [5, 5.41) is 18.3. The smallest absolute Gasteiger partial charge is 0.408 e. The lowest BCUT2D eigenvalue weighted by atomic mass is 9.84. The molecule has 3 rings (SSSR count). The first-order chi connectivity index (χ1) is 21.1. The van der Waals surface area contributed by atoms with Crippen LogP contribution >= 0.6 is 0 Å². The van der Waals surface area contributed by atoms with Gasteiger partial charge in [0.1, 0.15) is 23.3 Å². The van der Waals surface area contributed by atoms with E-state index >= 15 is 0 Å². The SMILES string of the molecule is CC(C)(C)OC(=O)N[C@H](CC1CCCCC1)C(=O)N1C[C@@H](N2NNC=C2C(C)(C)O)C[C@H]1C(=O)NC(CCCCN)CC(N)=O. The third-order valence-electron chi connectivity index (χ3n) is 8.59. The minimum Gasteiger partial charge on any atom is -0.444 e. The molecule has 45 heavy (non-hydrogen) atoms. The lowest BCUT2D eigenvalue weighted by Gasteiger charge is -2.34. The molecule has 4 amide bonds. The van der Waals surface area contributed by atoms with Crippen LogP contribution in [0.4, 0.5) is 4.79 Å². The van der Waals surface area contributed by atoms with Crippen molar-refractivity contribution in [3.63, 3.8) is 0 Å². The summed E-state index contributed by atoms with van der Waals surface area (Å²) < 4.78 is 5.52. The highest BCUT2D eigenvalue weighted by Gasteiger charge is 2.47. The van der Waals surface area contributed by atoms with Gasteiger partial charge < -0.3 is 42.3 Å². The first-order valence-electron chi connectivity index (χ1n) is 16.4. The van der Waals surface area contributed by atoms with Crippen LogP contribution in [0, 0.1) is 5.92 Å². The van der Waals surface area contributed by atoms with E-state index in [2.05, 4.69) is 21.6 Å². The Morgan fingerprint density at radius 3 is 2.38 bits per heavy atom. The van der Waals surface area contributed by atoms with Gasteiger partial charge in [-0.1, -0.05) is 38.5 Å². The van der Waals surface area contributed by atoms with E-state index in [1.807, 2.05) is 0 Å². The molecule has 0 aromatic carbocycles. The van der Waals surface area contributed by atoms with Crippen LogP contribution in [0.15, 0.2) is 11.9 Å². The van der Waals surface area contributed by atoms with Crippen LogP contribution < -0.4 is 33.1 Å². The minimum absolute atomic E-state index is 0.0336. The third kappa shape index (κ3) is 11.0. The number of nitrogens with two attached hydrogens (primary N) is 2. The van der Waals surface area contributed by atoms with Gasteiger partial charge in [0.25, 0.3) is 0 Å². The molecule has 0 spiro atoms. The second-order valence-electron chi connectivity index (χ2n) is 14.2. The summed E-state index contributed by atoms with van der Waals surface area (Å²) in [5.41, 5.74) is 15.7. The second-order valence-corrected chi connectivity index (χ2v) is 14.2. The second kappa shape index (κ2) is 15.9. The average Bonchev–Trinajstić information content (AvgIpc) is 3.59. The van der Waals surface area contributed by atoms with Crippen LogP contribution in [0.3, 0.4) is 0 Å². The number of hydrazine groups is 2. The van der Waals surface area contributed by atoms with Gasteiger partial charge in [0.2, 0.25) is 17.7 Å². The Bertz CT molecular complexity index is 1070. The molecule has 14 nitrogen and oxygen atoms in total. The molecular weight excluding hydrogens is 580 g/mol. The van der Waals surface area contributed by atoms with Crippen molar-refractivity contribution in [2.45, 2.75) is 141 Å². The van der Waals surface area contributed by atoms with E-state index in [4.69, 9.17) is 16.2 Å². The van der Waals surface area contributed by atoms with Gasteiger partial charge in [-0.05, 0) is 66.3 Å². The molecule has 1 aliphatic carbocycles. The summed E-state index contributed by atoms with van der Waals surface area (Å²) in [6, 6.07) is -2.68. The van der Waals surface area contributed by atoms with Crippen molar-refractivity contribution in [1.29, 1.82) is 0 Å². The molecule has 2 aliphatic heterocycles. The summed E-state index contributed by atoms with van der Waals surface area (Å²) >= 11 is 0. The monoisotopic (exact) mass is 636 g/mol. The first kappa shape index (κ1) is 36.4. The fourth-order valence-corrected chi connectivity index (χ4v) is 6.48. The van der Waals surface area contributed by atoms with Crippen molar-refractivity contribution in [1.82, 2.24) is 31.5 Å². The Hall–Kier alpha value is -3.10. The number of nitrogens with one attached hydrogen (secondary N) is 4. The molecule has 2 heterocycles. The number of carbonyl (C=O) groups excluding carboxylic acids is 4. The van der Waals surface area contributed by atoms with Gasteiger partial charge in [-0.3, -0.25) is 19.4 Å². The highest BCUT2D eigenvalue weighted by atomic mass is 16.6. The summed E-state index contributed by atoms with van der Waals surface area (Å²) in [6.45, 7) is 9.24. The number of nitrogens with zero attached hydrogens (tertiary/aromatic N) is 2. The number of carbonyl (C=O) groups is 4. The normalized spacial score (nSPS) is 22.3. The van der Waals surface area contributed by atoms with E-state index in [-0.39, 0.29) is 37.3 Å². The zero-order valence-corrected chi connectivity index (χ0v) is 27.7. The maximum atomic E-state index is 14.4. The van der Waals surface area contributed by atoms with Crippen LogP contribution in [-0.4, -0.2) is 87.3 Å². The molecule has 0 aromatic heterocycles. The number of ether oxygens (including phenoxy) is 1.